The smallest absolute Gasteiger partial charge is 0.211 e. The molecule has 0 aromatic rings. The normalized spacial score (nSPS) is 23.2. The summed E-state index contributed by atoms with van der Waals surface area (Å²) in [7, 11) is 0. The molecule has 1 unspecified atom stereocenters. The van der Waals surface area contributed by atoms with E-state index in [1.165, 1.54) is 0 Å². The molecule has 1 aliphatic heterocycles. The Kier molecular flexibility index (Phi) is 3.70. The molecule has 74 valence electrons. The van der Waals surface area contributed by atoms with E-state index in [-0.39, 0.29) is 5.96 Å². The Labute approximate surface area is 77.8 Å². The summed E-state index contributed by atoms with van der Waals surface area (Å²) in [5, 5.41) is 7.47. The highest BCUT2D eigenvalue weighted by Crippen LogP contribution is 2.16. The molecule has 1 rings (SSSR count). The molecular formula is C8H16N4O. The third kappa shape index (κ3) is 3.89. The van der Waals surface area contributed by atoms with Crippen molar-refractivity contribution in [3.63, 3.8) is 0 Å². The monoisotopic (exact) mass is 184 g/mol. The van der Waals surface area contributed by atoms with Gasteiger partial charge in [0.1, 0.15) is 0 Å². The summed E-state index contributed by atoms with van der Waals surface area (Å²) in [4.78, 5) is 0. The van der Waals surface area contributed by atoms with Crippen LogP contribution in [0, 0.1) is 5.92 Å². The Morgan fingerprint density at radius 2 is 2.23 bits per heavy atom. The third-order valence-electron chi connectivity index (χ3n) is 1.94. The quantitative estimate of drug-likeness (QED) is 0.369. The Hall–Kier alpha value is -1.10. The number of rotatable bonds is 3. The molecule has 0 spiro atoms. The second kappa shape index (κ2) is 4.81. The van der Waals surface area contributed by atoms with Gasteiger partial charge >= 0.3 is 0 Å². The van der Waals surface area contributed by atoms with Gasteiger partial charge in [-0.3, -0.25) is 0 Å². The summed E-state index contributed by atoms with van der Waals surface area (Å²) < 4.78 is 5.24. The van der Waals surface area contributed by atoms with Gasteiger partial charge in [-0.25, -0.2) is 0 Å². The molecule has 0 aliphatic carbocycles. The van der Waals surface area contributed by atoms with Gasteiger partial charge in [0, 0.05) is 18.9 Å². The average molecular weight is 184 g/mol. The van der Waals surface area contributed by atoms with Crippen LogP contribution < -0.4 is 11.5 Å². The SMILES string of the molecule is C/C(CC1CCOC1)=N\N=C(N)N. The van der Waals surface area contributed by atoms with Crippen molar-refractivity contribution in [2.45, 2.75) is 19.8 Å². The molecule has 0 aromatic carbocycles. The zero-order valence-corrected chi connectivity index (χ0v) is 7.86. The van der Waals surface area contributed by atoms with Gasteiger partial charge < -0.3 is 16.2 Å². The fourth-order valence-electron chi connectivity index (χ4n) is 1.35. The predicted octanol–water partition coefficient (Wildman–Crippen LogP) is 0.0623. The molecule has 0 radical (unpaired) electrons. The number of hydrogen-bond acceptors (Lipinski definition) is 3. The first kappa shape index (κ1) is 9.98. The van der Waals surface area contributed by atoms with Crippen molar-refractivity contribution < 1.29 is 4.74 Å². The maximum absolute atomic E-state index is 5.24. The van der Waals surface area contributed by atoms with E-state index in [4.69, 9.17) is 16.2 Å². The number of nitrogens with two attached hydrogens (primary N) is 2. The molecule has 1 aliphatic rings. The van der Waals surface area contributed by atoms with Gasteiger partial charge in [-0.05, 0) is 25.7 Å². The minimum atomic E-state index is 0.00187. The molecule has 1 heterocycles. The second-order valence-corrected chi connectivity index (χ2v) is 3.29. The number of hydrogen-bond donors (Lipinski definition) is 2. The lowest BCUT2D eigenvalue weighted by Gasteiger charge is -2.04. The molecule has 1 fully saturated rings. The molecule has 5 nitrogen and oxygen atoms in total. The largest absolute Gasteiger partial charge is 0.381 e. The standard InChI is InChI=1S/C8H16N4O/c1-6(11-12-8(9)10)4-7-2-3-13-5-7/h7H,2-5H2,1H3,(H4,9,10,12)/b11-6+. The van der Waals surface area contributed by atoms with Crippen LogP contribution in [0.25, 0.3) is 0 Å². The van der Waals surface area contributed by atoms with Crippen molar-refractivity contribution in [2.24, 2.45) is 27.6 Å². The van der Waals surface area contributed by atoms with Gasteiger partial charge in [-0.1, -0.05) is 0 Å². The average Bonchev–Trinajstić information content (AvgIpc) is 2.53. The van der Waals surface area contributed by atoms with E-state index < -0.39 is 0 Å². The summed E-state index contributed by atoms with van der Waals surface area (Å²) in [6, 6.07) is 0. The fourth-order valence-corrected chi connectivity index (χ4v) is 1.35. The molecule has 4 N–H and O–H groups in total. The highest BCUT2D eigenvalue weighted by atomic mass is 16.5. The van der Waals surface area contributed by atoms with Crippen LogP contribution in [0.4, 0.5) is 0 Å². The van der Waals surface area contributed by atoms with Crippen molar-refractivity contribution in [1.29, 1.82) is 0 Å². The van der Waals surface area contributed by atoms with Crippen molar-refractivity contribution in [3.05, 3.63) is 0 Å². The zero-order chi connectivity index (χ0) is 9.68. The van der Waals surface area contributed by atoms with Crippen LogP contribution in [-0.2, 0) is 4.74 Å². The molecule has 0 amide bonds. The van der Waals surface area contributed by atoms with Crippen molar-refractivity contribution in [2.75, 3.05) is 13.2 Å². The van der Waals surface area contributed by atoms with E-state index in [1.54, 1.807) is 0 Å². The van der Waals surface area contributed by atoms with Crippen LogP contribution in [0.5, 0.6) is 0 Å². The minimum absolute atomic E-state index is 0.00187. The first-order chi connectivity index (χ1) is 6.18. The summed E-state index contributed by atoms with van der Waals surface area (Å²) in [5.41, 5.74) is 11.2. The predicted molar refractivity (Wildman–Crippen MR) is 52.5 cm³/mol. The number of nitrogens with zero attached hydrogens (tertiary/aromatic N) is 2. The molecule has 1 atom stereocenters. The Morgan fingerprint density at radius 3 is 2.77 bits per heavy atom. The van der Waals surface area contributed by atoms with E-state index in [0.717, 1.165) is 31.8 Å². The van der Waals surface area contributed by atoms with Gasteiger partial charge in [0.05, 0.1) is 0 Å². The van der Waals surface area contributed by atoms with Gasteiger partial charge in [-0.15, -0.1) is 5.10 Å². The van der Waals surface area contributed by atoms with Crippen LogP contribution in [0.15, 0.2) is 10.2 Å². The van der Waals surface area contributed by atoms with Gasteiger partial charge in [0.25, 0.3) is 0 Å². The summed E-state index contributed by atoms with van der Waals surface area (Å²) in [6.45, 7) is 3.61. The summed E-state index contributed by atoms with van der Waals surface area (Å²) in [6.07, 6.45) is 2.02. The highest BCUT2D eigenvalue weighted by Gasteiger charge is 2.16. The molecule has 0 bridgehead atoms. The Bertz CT molecular complexity index is 214. The van der Waals surface area contributed by atoms with E-state index in [9.17, 15) is 0 Å². The minimum Gasteiger partial charge on any atom is -0.381 e. The van der Waals surface area contributed by atoms with Crippen LogP contribution in [0.2, 0.25) is 0 Å². The maximum atomic E-state index is 5.24. The molecule has 1 saturated heterocycles. The third-order valence-corrected chi connectivity index (χ3v) is 1.94. The fraction of sp³-hybridized carbons (Fsp3) is 0.750. The first-order valence-corrected chi connectivity index (χ1v) is 4.38. The van der Waals surface area contributed by atoms with E-state index >= 15 is 0 Å². The molecule has 0 aromatic heterocycles. The number of guanidine groups is 1. The van der Waals surface area contributed by atoms with Crippen molar-refractivity contribution in [3.8, 4) is 0 Å². The van der Waals surface area contributed by atoms with Gasteiger partial charge in [0.2, 0.25) is 5.96 Å². The molecule has 13 heavy (non-hydrogen) atoms. The van der Waals surface area contributed by atoms with Crippen LogP contribution >= 0.6 is 0 Å². The lowest BCUT2D eigenvalue weighted by Crippen LogP contribution is -2.22. The molecule has 0 saturated carbocycles. The van der Waals surface area contributed by atoms with Crippen molar-refractivity contribution >= 4 is 11.7 Å². The first-order valence-electron chi connectivity index (χ1n) is 4.38. The van der Waals surface area contributed by atoms with E-state index in [2.05, 4.69) is 10.2 Å². The molecule has 5 heteroatoms. The Balaban J connectivity index is 2.34. The van der Waals surface area contributed by atoms with E-state index in [1.807, 2.05) is 6.92 Å². The van der Waals surface area contributed by atoms with Gasteiger partial charge in [-0.2, -0.15) is 5.10 Å². The van der Waals surface area contributed by atoms with Crippen LogP contribution in [0.3, 0.4) is 0 Å². The lowest BCUT2D eigenvalue weighted by molar-refractivity contribution is 0.187. The van der Waals surface area contributed by atoms with Crippen molar-refractivity contribution in [1.82, 2.24) is 0 Å². The summed E-state index contributed by atoms with van der Waals surface area (Å²) >= 11 is 0. The van der Waals surface area contributed by atoms with E-state index in [0.29, 0.717) is 5.92 Å². The maximum Gasteiger partial charge on any atom is 0.211 e. The Morgan fingerprint density at radius 1 is 1.46 bits per heavy atom. The highest BCUT2D eigenvalue weighted by molar-refractivity contribution is 5.83. The topological polar surface area (TPSA) is 86.0 Å². The zero-order valence-electron chi connectivity index (χ0n) is 7.86. The summed E-state index contributed by atoms with van der Waals surface area (Å²) in [5.74, 6) is 0.583. The molecular weight excluding hydrogens is 168 g/mol. The van der Waals surface area contributed by atoms with Gasteiger partial charge in [0.15, 0.2) is 0 Å². The van der Waals surface area contributed by atoms with Crippen LogP contribution in [-0.4, -0.2) is 24.9 Å². The van der Waals surface area contributed by atoms with Crippen LogP contribution in [0.1, 0.15) is 19.8 Å². The second-order valence-electron chi connectivity index (χ2n) is 3.29. The lowest BCUT2D eigenvalue weighted by atomic mass is 10.0. The number of ether oxygens (including phenoxy) is 1.